The standard InChI is InChI=1S/C14H22N2O2/c1-10(2)11-5-4-6-12(9-11)18-8-7-13(16-3)14(15)17/h4-6,9-10,13,16H,7-8H2,1-3H3,(H2,15,17). The largest absolute Gasteiger partial charge is 0.494 e. The quantitative estimate of drug-likeness (QED) is 0.773. The summed E-state index contributed by atoms with van der Waals surface area (Å²) in [6.07, 6.45) is 0.567. The first kappa shape index (κ1) is 14.5. The highest BCUT2D eigenvalue weighted by Crippen LogP contribution is 2.20. The number of rotatable bonds is 7. The van der Waals surface area contributed by atoms with Crippen molar-refractivity contribution in [3.63, 3.8) is 0 Å². The van der Waals surface area contributed by atoms with Crippen LogP contribution >= 0.6 is 0 Å². The van der Waals surface area contributed by atoms with E-state index >= 15 is 0 Å². The van der Waals surface area contributed by atoms with Crippen LogP contribution in [0.1, 0.15) is 31.7 Å². The molecule has 1 atom stereocenters. The minimum atomic E-state index is -0.350. The van der Waals surface area contributed by atoms with Crippen LogP contribution in [0.15, 0.2) is 24.3 Å². The molecule has 18 heavy (non-hydrogen) atoms. The third-order valence-corrected chi connectivity index (χ3v) is 2.89. The molecule has 0 radical (unpaired) electrons. The molecule has 3 N–H and O–H groups in total. The average Bonchev–Trinajstić information content (AvgIpc) is 2.34. The summed E-state index contributed by atoms with van der Waals surface area (Å²) in [5.74, 6) is 0.960. The summed E-state index contributed by atoms with van der Waals surface area (Å²) in [6.45, 7) is 4.75. The number of carbonyl (C=O) groups excluding carboxylic acids is 1. The Bertz CT molecular complexity index is 391. The molecule has 1 unspecified atom stereocenters. The van der Waals surface area contributed by atoms with Gasteiger partial charge in [-0.1, -0.05) is 26.0 Å². The number of amides is 1. The molecule has 1 aromatic carbocycles. The van der Waals surface area contributed by atoms with Gasteiger partial charge in [-0.3, -0.25) is 4.79 Å². The van der Waals surface area contributed by atoms with Crippen molar-refractivity contribution in [2.75, 3.05) is 13.7 Å². The Morgan fingerprint density at radius 2 is 2.17 bits per heavy atom. The lowest BCUT2D eigenvalue weighted by Gasteiger charge is -2.13. The van der Waals surface area contributed by atoms with Crippen molar-refractivity contribution in [1.29, 1.82) is 0 Å². The Kier molecular flexibility index (Phi) is 5.65. The fraction of sp³-hybridized carbons (Fsp3) is 0.500. The molecule has 0 aliphatic heterocycles. The second-order valence-corrected chi connectivity index (χ2v) is 4.61. The van der Waals surface area contributed by atoms with Crippen LogP contribution in [0.25, 0.3) is 0 Å². The van der Waals surface area contributed by atoms with Crippen LogP contribution < -0.4 is 15.8 Å². The zero-order valence-corrected chi connectivity index (χ0v) is 11.3. The molecule has 1 aromatic rings. The van der Waals surface area contributed by atoms with E-state index in [1.54, 1.807) is 7.05 Å². The minimum Gasteiger partial charge on any atom is -0.494 e. The predicted molar refractivity (Wildman–Crippen MR) is 72.7 cm³/mol. The van der Waals surface area contributed by atoms with Crippen molar-refractivity contribution >= 4 is 5.91 Å². The summed E-state index contributed by atoms with van der Waals surface area (Å²) in [6, 6.07) is 7.68. The van der Waals surface area contributed by atoms with Gasteiger partial charge in [0.05, 0.1) is 12.6 Å². The van der Waals surface area contributed by atoms with Crippen molar-refractivity contribution in [1.82, 2.24) is 5.32 Å². The predicted octanol–water partition coefficient (Wildman–Crippen LogP) is 1.65. The highest BCUT2D eigenvalue weighted by Gasteiger charge is 2.12. The van der Waals surface area contributed by atoms with Crippen molar-refractivity contribution in [2.45, 2.75) is 32.2 Å². The van der Waals surface area contributed by atoms with E-state index in [0.29, 0.717) is 18.9 Å². The molecule has 0 saturated carbocycles. The first-order valence-corrected chi connectivity index (χ1v) is 6.24. The van der Waals surface area contributed by atoms with Gasteiger partial charge in [-0.2, -0.15) is 0 Å². The molecular formula is C14H22N2O2. The normalized spacial score (nSPS) is 12.4. The molecule has 0 fully saturated rings. The number of nitrogens with one attached hydrogen (secondary N) is 1. The Morgan fingerprint density at radius 3 is 2.72 bits per heavy atom. The highest BCUT2D eigenvalue weighted by atomic mass is 16.5. The average molecular weight is 250 g/mol. The molecular weight excluding hydrogens is 228 g/mol. The van der Waals surface area contributed by atoms with Gasteiger partial charge in [0.2, 0.25) is 5.91 Å². The van der Waals surface area contributed by atoms with Gasteiger partial charge >= 0.3 is 0 Å². The van der Waals surface area contributed by atoms with Gasteiger partial charge in [0.15, 0.2) is 0 Å². The maximum absolute atomic E-state index is 11.0. The molecule has 1 rings (SSSR count). The number of likely N-dealkylation sites (N-methyl/N-ethyl adjacent to an activating group) is 1. The Hall–Kier alpha value is -1.55. The smallest absolute Gasteiger partial charge is 0.234 e. The van der Waals surface area contributed by atoms with Crippen LogP contribution in [0.2, 0.25) is 0 Å². The third-order valence-electron chi connectivity index (χ3n) is 2.89. The van der Waals surface area contributed by atoms with Crippen LogP contribution in [0.5, 0.6) is 5.75 Å². The summed E-state index contributed by atoms with van der Waals surface area (Å²) < 4.78 is 5.63. The van der Waals surface area contributed by atoms with E-state index in [2.05, 4.69) is 25.2 Å². The molecule has 4 nitrogen and oxygen atoms in total. The lowest BCUT2D eigenvalue weighted by Crippen LogP contribution is -2.40. The van der Waals surface area contributed by atoms with Crippen molar-refractivity contribution in [2.24, 2.45) is 5.73 Å². The van der Waals surface area contributed by atoms with Gasteiger partial charge in [-0.25, -0.2) is 0 Å². The SMILES string of the molecule is CNC(CCOc1cccc(C(C)C)c1)C(N)=O. The Balaban J connectivity index is 2.48. The number of hydrogen-bond donors (Lipinski definition) is 2. The molecule has 0 aliphatic rings. The van der Waals surface area contributed by atoms with Gasteiger partial charge in [0.25, 0.3) is 0 Å². The maximum Gasteiger partial charge on any atom is 0.234 e. The topological polar surface area (TPSA) is 64.3 Å². The first-order chi connectivity index (χ1) is 8.54. The second-order valence-electron chi connectivity index (χ2n) is 4.61. The van der Waals surface area contributed by atoms with Crippen LogP contribution in [0.4, 0.5) is 0 Å². The van der Waals surface area contributed by atoms with Gasteiger partial charge in [-0.15, -0.1) is 0 Å². The fourth-order valence-corrected chi connectivity index (χ4v) is 1.69. The molecule has 1 amide bonds. The number of ether oxygens (including phenoxy) is 1. The number of carbonyl (C=O) groups is 1. The molecule has 0 heterocycles. The van der Waals surface area contributed by atoms with Gasteiger partial charge in [0, 0.05) is 6.42 Å². The van der Waals surface area contributed by atoms with Gasteiger partial charge < -0.3 is 15.8 Å². The monoisotopic (exact) mass is 250 g/mol. The van der Waals surface area contributed by atoms with E-state index in [-0.39, 0.29) is 11.9 Å². The van der Waals surface area contributed by atoms with Crippen LogP contribution in [-0.2, 0) is 4.79 Å². The summed E-state index contributed by atoms with van der Waals surface area (Å²) in [5, 5.41) is 2.86. The molecule has 0 spiro atoms. The van der Waals surface area contributed by atoms with E-state index in [0.717, 1.165) is 5.75 Å². The summed E-state index contributed by atoms with van der Waals surface area (Å²) in [4.78, 5) is 11.0. The lowest BCUT2D eigenvalue weighted by molar-refractivity contribution is -0.120. The third kappa shape index (κ3) is 4.37. The molecule has 0 bridgehead atoms. The van der Waals surface area contributed by atoms with Crippen molar-refractivity contribution in [3.8, 4) is 5.75 Å². The van der Waals surface area contributed by atoms with Crippen LogP contribution in [-0.4, -0.2) is 25.6 Å². The summed E-state index contributed by atoms with van der Waals surface area (Å²) in [5.41, 5.74) is 6.48. The number of benzene rings is 1. The summed E-state index contributed by atoms with van der Waals surface area (Å²) >= 11 is 0. The zero-order valence-electron chi connectivity index (χ0n) is 11.3. The molecule has 0 aromatic heterocycles. The maximum atomic E-state index is 11.0. The van der Waals surface area contributed by atoms with Gasteiger partial charge in [-0.05, 0) is 30.7 Å². The van der Waals surface area contributed by atoms with E-state index < -0.39 is 0 Å². The van der Waals surface area contributed by atoms with Crippen LogP contribution in [0.3, 0.4) is 0 Å². The molecule has 0 aliphatic carbocycles. The van der Waals surface area contributed by atoms with E-state index in [9.17, 15) is 4.79 Å². The van der Waals surface area contributed by atoms with Crippen LogP contribution in [0, 0.1) is 0 Å². The first-order valence-electron chi connectivity index (χ1n) is 6.24. The van der Waals surface area contributed by atoms with Crippen molar-refractivity contribution in [3.05, 3.63) is 29.8 Å². The van der Waals surface area contributed by atoms with E-state index in [1.807, 2.05) is 18.2 Å². The van der Waals surface area contributed by atoms with E-state index in [4.69, 9.17) is 10.5 Å². The van der Waals surface area contributed by atoms with Gasteiger partial charge in [0.1, 0.15) is 5.75 Å². The second kappa shape index (κ2) is 7.01. The molecule has 100 valence electrons. The Labute approximate surface area is 109 Å². The van der Waals surface area contributed by atoms with Crippen molar-refractivity contribution < 1.29 is 9.53 Å². The van der Waals surface area contributed by atoms with E-state index in [1.165, 1.54) is 5.56 Å². The Morgan fingerprint density at radius 1 is 1.44 bits per heavy atom. The molecule has 4 heteroatoms. The molecule has 0 saturated heterocycles. The highest BCUT2D eigenvalue weighted by molar-refractivity contribution is 5.79. The number of nitrogens with two attached hydrogens (primary N) is 1. The fourth-order valence-electron chi connectivity index (χ4n) is 1.69. The number of primary amides is 1. The summed E-state index contributed by atoms with van der Waals surface area (Å²) in [7, 11) is 1.72. The number of hydrogen-bond acceptors (Lipinski definition) is 3. The zero-order chi connectivity index (χ0) is 13.5. The lowest BCUT2D eigenvalue weighted by atomic mass is 10.0. The minimum absolute atomic E-state index is 0.335.